The van der Waals surface area contributed by atoms with Crippen molar-refractivity contribution in [3.63, 3.8) is 0 Å². The molecule has 4 heteroatoms. The van der Waals surface area contributed by atoms with Crippen LogP contribution in [0.5, 0.6) is 0 Å². The van der Waals surface area contributed by atoms with Gasteiger partial charge in [-0.25, -0.2) is 0 Å². The lowest BCUT2D eigenvalue weighted by Gasteiger charge is -2.37. The summed E-state index contributed by atoms with van der Waals surface area (Å²) in [5.74, 6) is 1.12. The molecule has 27 heavy (non-hydrogen) atoms. The van der Waals surface area contributed by atoms with Crippen LogP contribution in [0.3, 0.4) is 0 Å². The first kappa shape index (κ1) is 19.6. The second kappa shape index (κ2) is 9.65. The number of nitrogens with one attached hydrogen (secondary N) is 1. The lowest BCUT2D eigenvalue weighted by Crippen LogP contribution is -2.44. The molecule has 0 aliphatic carbocycles. The summed E-state index contributed by atoms with van der Waals surface area (Å²) in [4.78, 5) is 19.9. The van der Waals surface area contributed by atoms with E-state index in [4.69, 9.17) is 0 Å². The normalized spacial score (nSPS) is 19.0. The zero-order valence-electron chi connectivity index (χ0n) is 16.5. The topological polar surface area (TPSA) is 45.2 Å². The fraction of sp³-hybridized carbons (Fsp3) is 0.478. The third kappa shape index (κ3) is 5.90. The molecule has 1 aliphatic rings. The lowest BCUT2D eigenvalue weighted by molar-refractivity contribution is -0.121. The molecule has 0 saturated carbocycles. The molecule has 0 bridgehead atoms. The number of amides is 1. The maximum Gasteiger partial charge on any atom is 0.224 e. The van der Waals surface area contributed by atoms with Gasteiger partial charge in [-0.1, -0.05) is 50.2 Å². The number of benzene rings is 1. The highest BCUT2D eigenvalue weighted by Gasteiger charge is 2.30. The molecular formula is C23H31N3O. The summed E-state index contributed by atoms with van der Waals surface area (Å²) in [5, 5.41) is 3.30. The summed E-state index contributed by atoms with van der Waals surface area (Å²) in [7, 11) is 0. The number of aromatic nitrogens is 1. The van der Waals surface area contributed by atoms with Crippen molar-refractivity contribution in [2.45, 2.75) is 39.2 Å². The molecule has 144 valence electrons. The summed E-state index contributed by atoms with van der Waals surface area (Å²) >= 11 is 0. The maximum absolute atomic E-state index is 12.7. The van der Waals surface area contributed by atoms with Crippen LogP contribution >= 0.6 is 0 Å². The van der Waals surface area contributed by atoms with Crippen LogP contribution in [-0.4, -0.2) is 35.4 Å². The highest BCUT2D eigenvalue weighted by Crippen LogP contribution is 2.29. The first-order valence-corrected chi connectivity index (χ1v) is 10.1. The Morgan fingerprint density at radius 2 is 1.96 bits per heavy atom. The van der Waals surface area contributed by atoms with Crippen LogP contribution in [0.1, 0.15) is 44.0 Å². The standard InChI is InChI=1S/C23H31N3O/c1-18(2)16-26-14-8-11-20(17-26)23(21-12-6-7-13-24-21)25-22(27)15-19-9-4-3-5-10-19/h3-7,9-10,12-13,18,20,23H,8,11,14-17H2,1-2H3,(H,25,27). The number of carbonyl (C=O) groups is 1. The summed E-state index contributed by atoms with van der Waals surface area (Å²) in [5.41, 5.74) is 2.01. The smallest absolute Gasteiger partial charge is 0.224 e. The van der Waals surface area contributed by atoms with Crippen LogP contribution in [0.2, 0.25) is 0 Å². The summed E-state index contributed by atoms with van der Waals surface area (Å²) in [6, 6.07) is 15.9. The Bertz CT molecular complexity index is 702. The second-order valence-corrected chi connectivity index (χ2v) is 8.02. The van der Waals surface area contributed by atoms with Gasteiger partial charge < -0.3 is 10.2 Å². The maximum atomic E-state index is 12.7. The Morgan fingerprint density at radius 3 is 2.67 bits per heavy atom. The molecule has 3 rings (SSSR count). The van der Waals surface area contributed by atoms with Gasteiger partial charge in [0.05, 0.1) is 18.2 Å². The van der Waals surface area contributed by atoms with E-state index in [0.29, 0.717) is 18.3 Å². The van der Waals surface area contributed by atoms with Crippen molar-refractivity contribution in [2.24, 2.45) is 11.8 Å². The van der Waals surface area contributed by atoms with Crippen LogP contribution in [-0.2, 0) is 11.2 Å². The minimum atomic E-state index is -0.0302. The van der Waals surface area contributed by atoms with Crippen LogP contribution in [0.15, 0.2) is 54.7 Å². The van der Waals surface area contributed by atoms with E-state index in [9.17, 15) is 4.79 Å². The molecule has 1 aromatic heterocycles. The summed E-state index contributed by atoms with van der Waals surface area (Å²) < 4.78 is 0. The predicted octanol–water partition coefficient (Wildman–Crippen LogP) is 3.85. The minimum absolute atomic E-state index is 0.0302. The number of pyridine rings is 1. The SMILES string of the molecule is CC(C)CN1CCCC(C(NC(=O)Cc2ccccc2)c2ccccn2)C1. The Morgan fingerprint density at radius 1 is 1.19 bits per heavy atom. The first-order chi connectivity index (χ1) is 13.1. The number of nitrogens with zero attached hydrogens (tertiary/aromatic N) is 2. The molecule has 2 unspecified atom stereocenters. The molecule has 1 amide bonds. The van der Waals surface area contributed by atoms with E-state index < -0.39 is 0 Å². The summed E-state index contributed by atoms with van der Waals surface area (Å²) in [6.45, 7) is 7.82. The van der Waals surface area contributed by atoms with Crippen LogP contribution < -0.4 is 5.32 Å². The molecule has 1 fully saturated rings. The highest BCUT2D eigenvalue weighted by atomic mass is 16.1. The van der Waals surface area contributed by atoms with Crippen molar-refractivity contribution >= 4 is 5.91 Å². The fourth-order valence-electron chi connectivity index (χ4n) is 4.04. The van der Waals surface area contributed by atoms with Crippen molar-refractivity contribution in [3.05, 3.63) is 66.0 Å². The highest BCUT2D eigenvalue weighted by molar-refractivity contribution is 5.79. The van der Waals surface area contributed by atoms with Gasteiger partial charge in [0.15, 0.2) is 0 Å². The van der Waals surface area contributed by atoms with E-state index in [1.807, 2.05) is 54.7 Å². The number of carbonyl (C=O) groups excluding carboxylic acids is 1. The molecule has 1 N–H and O–H groups in total. The van der Waals surface area contributed by atoms with Crippen molar-refractivity contribution < 1.29 is 4.79 Å². The molecule has 4 nitrogen and oxygen atoms in total. The first-order valence-electron chi connectivity index (χ1n) is 10.1. The zero-order chi connectivity index (χ0) is 19.1. The number of likely N-dealkylation sites (tertiary alicyclic amines) is 1. The van der Waals surface area contributed by atoms with Crippen LogP contribution in [0, 0.1) is 11.8 Å². The average molecular weight is 366 g/mol. The van der Waals surface area contributed by atoms with E-state index in [1.54, 1.807) is 0 Å². The van der Waals surface area contributed by atoms with Crippen molar-refractivity contribution in [2.75, 3.05) is 19.6 Å². The number of rotatable bonds is 7. The Balaban J connectivity index is 1.72. The third-order valence-electron chi connectivity index (χ3n) is 5.17. The minimum Gasteiger partial charge on any atom is -0.347 e. The molecular weight excluding hydrogens is 334 g/mol. The van der Waals surface area contributed by atoms with E-state index >= 15 is 0 Å². The largest absolute Gasteiger partial charge is 0.347 e. The van der Waals surface area contributed by atoms with Crippen molar-refractivity contribution in [1.29, 1.82) is 0 Å². The second-order valence-electron chi connectivity index (χ2n) is 8.02. The van der Waals surface area contributed by atoms with Gasteiger partial charge in [0.1, 0.15) is 0 Å². The van der Waals surface area contributed by atoms with E-state index in [2.05, 4.69) is 29.0 Å². The Kier molecular flexibility index (Phi) is 6.99. The Hall–Kier alpha value is -2.20. The predicted molar refractivity (Wildman–Crippen MR) is 109 cm³/mol. The molecule has 0 spiro atoms. The van der Waals surface area contributed by atoms with Crippen molar-refractivity contribution in [3.8, 4) is 0 Å². The van der Waals surface area contributed by atoms with Gasteiger partial charge in [-0.3, -0.25) is 9.78 Å². The average Bonchev–Trinajstić information content (AvgIpc) is 2.67. The van der Waals surface area contributed by atoms with E-state index in [-0.39, 0.29) is 11.9 Å². The van der Waals surface area contributed by atoms with Crippen LogP contribution in [0.25, 0.3) is 0 Å². The molecule has 0 radical (unpaired) electrons. The quantitative estimate of drug-likeness (QED) is 0.811. The van der Waals surface area contributed by atoms with Gasteiger partial charge >= 0.3 is 0 Å². The number of piperidine rings is 1. The zero-order valence-corrected chi connectivity index (χ0v) is 16.5. The molecule has 1 aliphatic heterocycles. The van der Waals surface area contributed by atoms with E-state index in [0.717, 1.165) is 37.3 Å². The summed E-state index contributed by atoms with van der Waals surface area (Å²) in [6.07, 6.45) is 4.53. The molecule has 2 heterocycles. The lowest BCUT2D eigenvalue weighted by atomic mass is 9.88. The van der Waals surface area contributed by atoms with E-state index in [1.165, 1.54) is 6.42 Å². The van der Waals surface area contributed by atoms with Crippen LogP contribution in [0.4, 0.5) is 0 Å². The van der Waals surface area contributed by atoms with Gasteiger partial charge in [-0.15, -0.1) is 0 Å². The van der Waals surface area contributed by atoms with Gasteiger partial charge in [-0.2, -0.15) is 0 Å². The Labute approximate surface area is 163 Å². The van der Waals surface area contributed by atoms with Gasteiger partial charge in [-0.05, 0) is 48.9 Å². The molecule has 2 aromatic rings. The van der Waals surface area contributed by atoms with Gasteiger partial charge in [0, 0.05) is 19.3 Å². The van der Waals surface area contributed by atoms with Gasteiger partial charge in [0.25, 0.3) is 0 Å². The molecule has 1 saturated heterocycles. The monoisotopic (exact) mass is 365 g/mol. The molecule has 1 aromatic carbocycles. The fourth-order valence-corrected chi connectivity index (χ4v) is 4.04. The number of hydrogen-bond donors (Lipinski definition) is 1. The third-order valence-corrected chi connectivity index (χ3v) is 5.17. The van der Waals surface area contributed by atoms with Gasteiger partial charge in [0.2, 0.25) is 5.91 Å². The van der Waals surface area contributed by atoms with Crippen molar-refractivity contribution in [1.82, 2.24) is 15.2 Å². The molecule has 2 atom stereocenters. The number of hydrogen-bond acceptors (Lipinski definition) is 3.